The summed E-state index contributed by atoms with van der Waals surface area (Å²) in [7, 11) is 0. The Kier molecular flexibility index (Phi) is 1.77. The number of benzene rings is 1. The Hall–Kier alpha value is -1.03. The van der Waals surface area contributed by atoms with Gasteiger partial charge in [-0.05, 0) is 18.2 Å². The predicted molar refractivity (Wildman–Crippen MR) is 45.3 cm³/mol. The molecule has 0 radical (unpaired) electrons. The van der Waals surface area contributed by atoms with Crippen molar-refractivity contribution in [3.63, 3.8) is 0 Å². The third-order valence-electron chi connectivity index (χ3n) is 1.50. The van der Waals surface area contributed by atoms with Gasteiger partial charge in [-0.3, -0.25) is 4.79 Å². The molecule has 0 bridgehead atoms. The average molecular weight is 229 g/mol. The summed E-state index contributed by atoms with van der Waals surface area (Å²) >= 11 is 3.28. The van der Waals surface area contributed by atoms with Crippen molar-refractivity contribution in [2.45, 2.75) is 6.29 Å². The minimum atomic E-state index is -0.783. The van der Waals surface area contributed by atoms with E-state index in [1.54, 1.807) is 12.1 Å². The Morgan fingerprint density at radius 1 is 1.33 bits per heavy atom. The molecule has 1 heterocycles. The maximum Gasteiger partial charge on any atom is 0.297 e. The van der Waals surface area contributed by atoms with Crippen LogP contribution in [0, 0.1) is 0 Å². The van der Waals surface area contributed by atoms with Gasteiger partial charge in [0.2, 0.25) is 6.29 Å². The van der Waals surface area contributed by atoms with Crippen molar-refractivity contribution in [2.75, 3.05) is 0 Å². The van der Waals surface area contributed by atoms with Gasteiger partial charge in [-0.2, -0.15) is 0 Å². The standard InChI is InChI=1S/C8H5BrO3/c9-5-1-2-6-7(3-5)12-8(4-10)11-6/h1-4,8H. The van der Waals surface area contributed by atoms with Crippen LogP contribution in [0.15, 0.2) is 22.7 Å². The van der Waals surface area contributed by atoms with Gasteiger partial charge in [0.15, 0.2) is 11.5 Å². The van der Waals surface area contributed by atoms with E-state index >= 15 is 0 Å². The SMILES string of the molecule is O=CC1Oc2ccc(Br)cc2O1. The topological polar surface area (TPSA) is 35.5 Å². The largest absolute Gasteiger partial charge is 0.444 e. The maximum atomic E-state index is 10.3. The van der Waals surface area contributed by atoms with Crippen LogP contribution in [-0.2, 0) is 4.79 Å². The molecule has 2 rings (SSSR count). The number of rotatable bonds is 1. The molecule has 12 heavy (non-hydrogen) atoms. The van der Waals surface area contributed by atoms with E-state index in [0.29, 0.717) is 17.8 Å². The molecule has 0 aliphatic carbocycles. The second-order valence-corrected chi connectivity index (χ2v) is 3.25. The van der Waals surface area contributed by atoms with Gasteiger partial charge in [-0.25, -0.2) is 0 Å². The molecule has 0 spiro atoms. The summed E-state index contributed by atoms with van der Waals surface area (Å²) in [4.78, 5) is 10.3. The molecule has 0 saturated heterocycles. The van der Waals surface area contributed by atoms with Gasteiger partial charge >= 0.3 is 0 Å². The van der Waals surface area contributed by atoms with Gasteiger partial charge in [-0.1, -0.05) is 15.9 Å². The number of ether oxygens (including phenoxy) is 2. The summed E-state index contributed by atoms with van der Waals surface area (Å²) in [5.74, 6) is 1.21. The Morgan fingerprint density at radius 2 is 2.08 bits per heavy atom. The molecule has 0 saturated carbocycles. The lowest BCUT2D eigenvalue weighted by molar-refractivity contribution is -0.121. The molecule has 1 aliphatic rings. The summed E-state index contributed by atoms with van der Waals surface area (Å²) in [6, 6.07) is 5.34. The fourth-order valence-corrected chi connectivity index (χ4v) is 1.34. The van der Waals surface area contributed by atoms with Crippen LogP contribution >= 0.6 is 15.9 Å². The van der Waals surface area contributed by atoms with Crippen molar-refractivity contribution in [3.05, 3.63) is 22.7 Å². The zero-order valence-electron chi connectivity index (χ0n) is 5.99. The van der Waals surface area contributed by atoms with E-state index in [0.717, 1.165) is 4.47 Å². The number of carbonyl (C=O) groups is 1. The summed E-state index contributed by atoms with van der Waals surface area (Å²) < 4.78 is 11.1. The van der Waals surface area contributed by atoms with Crippen LogP contribution in [-0.4, -0.2) is 12.6 Å². The lowest BCUT2D eigenvalue weighted by Crippen LogP contribution is -2.18. The molecule has 0 amide bonds. The molecule has 1 aromatic carbocycles. The van der Waals surface area contributed by atoms with Gasteiger partial charge in [-0.15, -0.1) is 0 Å². The van der Waals surface area contributed by atoms with E-state index in [9.17, 15) is 4.79 Å². The first-order valence-corrected chi connectivity index (χ1v) is 4.17. The smallest absolute Gasteiger partial charge is 0.297 e. The van der Waals surface area contributed by atoms with E-state index in [-0.39, 0.29) is 0 Å². The molecule has 0 aromatic heterocycles. The van der Waals surface area contributed by atoms with E-state index in [2.05, 4.69) is 15.9 Å². The second kappa shape index (κ2) is 2.79. The Bertz CT molecular complexity index is 324. The highest BCUT2D eigenvalue weighted by atomic mass is 79.9. The van der Waals surface area contributed by atoms with Crippen LogP contribution in [0.1, 0.15) is 0 Å². The second-order valence-electron chi connectivity index (χ2n) is 2.33. The van der Waals surface area contributed by atoms with Crippen molar-refractivity contribution in [3.8, 4) is 11.5 Å². The third-order valence-corrected chi connectivity index (χ3v) is 2.00. The van der Waals surface area contributed by atoms with Crippen LogP contribution < -0.4 is 9.47 Å². The van der Waals surface area contributed by atoms with Gasteiger partial charge in [0.05, 0.1) is 0 Å². The Labute approximate surface area is 77.4 Å². The van der Waals surface area contributed by atoms with Crippen LogP contribution in [0.3, 0.4) is 0 Å². The van der Waals surface area contributed by atoms with Crippen LogP contribution in [0.5, 0.6) is 11.5 Å². The number of aldehydes is 1. The molecule has 1 aromatic rings. The number of halogens is 1. The molecule has 0 fully saturated rings. The fraction of sp³-hybridized carbons (Fsp3) is 0.125. The molecule has 0 N–H and O–H groups in total. The highest BCUT2D eigenvalue weighted by Crippen LogP contribution is 2.36. The fourth-order valence-electron chi connectivity index (χ4n) is 1.00. The molecule has 3 nitrogen and oxygen atoms in total. The van der Waals surface area contributed by atoms with Crippen molar-refractivity contribution >= 4 is 22.2 Å². The number of carbonyl (C=O) groups excluding carboxylic acids is 1. The lowest BCUT2D eigenvalue weighted by atomic mass is 10.3. The molecule has 1 unspecified atom stereocenters. The van der Waals surface area contributed by atoms with Crippen LogP contribution in [0.4, 0.5) is 0 Å². The average Bonchev–Trinajstić information content (AvgIpc) is 2.46. The van der Waals surface area contributed by atoms with Crippen molar-refractivity contribution in [2.24, 2.45) is 0 Å². The monoisotopic (exact) mass is 228 g/mol. The van der Waals surface area contributed by atoms with Crippen LogP contribution in [0.2, 0.25) is 0 Å². The quantitative estimate of drug-likeness (QED) is 0.688. The van der Waals surface area contributed by atoms with Crippen molar-refractivity contribution in [1.29, 1.82) is 0 Å². The number of hydrogen-bond acceptors (Lipinski definition) is 3. The summed E-state index contributed by atoms with van der Waals surface area (Å²) in [6.45, 7) is 0. The van der Waals surface area contributed by atoms with Gasteiger partial charge in [0.25, 0.3) is 6.29 Å². The van der Waals surface area contributed by atoms with Gasteiger partial charge in [0, 0.05) is 4.47 Å². The number of fused-ring (bicyclic) bond motifs is 1. The summed E-state index contributed by atoms with van der Waals surface area (Å²) in [5, 5.41) is 0. The molecule has 1 atom stereocenters. The zero-order valence-corrected chi connectivity index (χ0v) is 7.58. The van der Waals surface area contributed by atoms with E-state index in [4.69, 9.17) is 9.47 Å². The first-order chi connectivity index (χ1) is 5.79. The van der Waals surface area contributed by atoms with E-state index in [1.807, 2.05) is 6.07 Å². The molecular weight excluding hydrogens is 224 g/mol. The first-order valence-electron chi connectivity index (χ1n) is 3.38. The predicted octanol–water partition coefficient (Wildman–Crippen LogP) is 1.75. The van der Waals surface area contributed by atoms with Gasteiger partial charge < -0.3 is 9.47 Å². The summed E-state index contributed by atoms with van der Waals surface area (Å²) in [5.41, 5.74) is 0. The van der Waals surface area contributed by atoms with Crippen molar-refractivity contribution < 1.29 is 14.3 Å². The highest BCUT2D eigenvalue weighted by molar-refractivity contribution is 9.10. The third kappa shape index (κ3) is 1.18. The molecule has 1 aliphatic heterocycles. The van der Waals surface area contributed by atoms with Gasteiger partial charge in [0.1, 0.15) is 0 Å². The molecule has 62 valence electrons. The van der Waals surface area contributed by atoms with E-state index in [1.165, 1.54) is 0 Å². The lowest BCUT2D eigenvalue weighted by Gasteiger charge is -1.98. The first kappa shape index (κ1) is 7.61. The minimum absolute atomic E-state index is 0.599. The summed E-state index contributed by atoms with van der Waals surface area (Å²) in [6.07, 6.45) is -0.164. The molecule has 4 heteroatoms. The normalized spacial score (nSPS) is 19.2. The maximum absolute atomic E-state index is 10.3. The van der Waals surface area contributed by atoms with E-state index < -0.39 is 6.29 Å². The zero-order chi connectivity index (χ0) is 8.55. The number of hydrogen-bond donors (Lipinski definition) is 0. The Morgan fingerprint density at radius 3 is 2.83 bits per heavy atom. The molecular formula is C8H5BrO3. The Balaban J connectivity index is 2.35. The highest BCUT2D eigenvalue weighted by Gasteiger charge is 2.22. The van der Waals surface area contributed by atoms with Crippen molar-refractivity contribution in [1.82, 2.24) is 0 Å². The van der Waals surface area contributed by atoms with Crippen LogP contribution in [0.25, 0.3) is 0 Å². The minimum Gasteiger partial charge on any atom is -0.444 e.